The highest BCUT2D eigenvalue weighted by molar-refractivity contribution is 5.73. The van der Waals surface area contributed by atoms with Crippen molar-refractivity contribution in [3.05, 3.63) is 0 Å². The van der Waals surface area contributed by atoms with Crippen LogP contribution >= 0.6 is 0 Å². The molecule has 124 valence electrons. The predicted molar refractivity (Wildman–Crippen MR) is 72.5 cm³/mol. The van der Waals surface area contributed by atoms with Crippen molar-refractivity contribution in [1.82, 2.24) is 0 Å². The standard InChI is InChI=1S/C15H22O7/c1-8(16)22-13-11(17)7-10(14(18)19-2)9-3-4-15(12(9)13)20-5-6-21-15/h9-13,17H,3-7H2,1-2H3/t9-,10-,11+,12-,13-/m0/s1. The van der Waals surface area contributed by atoms with E-state index < -0.39 is 29.9 Å². The summed E-state index contributed by atoms with van der Waals surface area (Å²) in [6, 6.07) is 0. The lowest BCUT2D eigenvalue weighted by atomic mass is 9.69. The molecule has 0 bridgehead atoms. The molecule has 3 rings (SSSR count). The largest absolute Gasteiger partial charge is 0.469 e. The van der Waals surface area contributed by atoms with Gasteiger partial charge in [0.2, 0.25) is 0 Å². The predicted octanol–water partition coefficient (Wildman–Crippen LogP) is 0.241. The Kier molecular flexibility index (Phi) is 4.13. The van der Waals surface area contributed by atoms with Crippen LogP contribution in [0.15, 0.2) is 0 Å². The molecule has 3 fully saturated rings. The summed E-state index contributed by atoms with van der Waals surface area (Å²) in [5.74, 6) is -2.53. The fourth-order valence-electron chi connectivity index (χ4n) is 4.37. The van der Waals surface area contributed by atoms with Gasteiger partial charge in [0.05, 0.1) is 38.3 Å². The fraction of sp³-hybridized carbons (Fsp3) is 0.867. The maximum absolute atomic E-state index is 12.1. The molecular weight excluding hydrogens is 292 g/mol. The monoisotopic (exact) mass is 314 g/mol. The topological polar surface area (TPSA) is 91.3 Å². The van der Waals surface area contributed by atoms with E-state index in [4.69, 9.17) is 18.9 Å². The number of methoxy groups -OCH3 is 1. The lowest BCUT2D eigenvalue weighted by Crippen LogP contribution is -2.56. The zero-order chi connectivity index (χ0) is 15.9. The van der Waals surface area contributed by atoms with E-state index in [1.807, 2.05) is 0 Å². The van der Waals surface area contributed by atoms with Gasteiger partial charge in [-0.25, -0.2) is 0 Å². The zero-order valence-corrected chi connectivity index (χ0v) is 12.8. The second-order valence-corrected chi connectivity index (χ2v) is 6.24. The molecule has 1 spiro atoms. The van der Waals surface area contributed by atoms with Crippen LogP contribution < -0.4 is 0 Å². The van der Waals surface area contributed by atoms with Crippen LogP contribution in [0, 0.1) is 17.8 Å². The van der Waals surface area contributed by atoms with Gasteiger partial charge in [-0.3, -0.25) is 9.59 Å². The molecule has 7 nitrogen and oxygen atoms in total. The number of rotatable bonds is 2. The second kappa shape index (κ2) is 5.79. The van der Waals surface area contributed by atoms with Crippen LogP contribution in [0.4, 0.5) is 0 Å². The number of aliphatic hydroxyl groups is 1. The molecule has 2 saturated carbocycles. The molecule has 1 aliphatic heterocycles. The summed E-state index contributed by atoms with van der Waals surface area (Å²) in [6.07, 6.45) is -0.0853. The molecule has 1 heterocycles. The molecule has 1 saturated heterocycles. The molecule has 2 aliphatic carbocycles. The average molecular weight is 314 g/mol. The van der Waals surface area contributed by atoms with Crippen molar-refractivity contribution in [2.24, 2.45) is 17.8 Å². The van der Waals surface area contributed by atoms with Crippen LogP contribution in [0.2, 0.25) is 0 Å². The van der Waals surface area contributed by atoms with Crippen molar-refractivity contribution >= 4 is 11.9 Å². The third-order valence-corrected chi connectivity index (χ3v) is 5.12. The van der Waals surface area contributed by atoms with Gasteiger partial charge in [-0.05, 0) is 18.8 Å². The molecule has 22 heavy (non-hydrogen) atoms. The van der Waals surface area contributed by atoms with E-state index in [-0.39, 0.29) is 24.2 Å². The van der Waals surface area contributed by atoms with Crippen LogP contribution in [0.25, 0.3) is 0 Å². The van der Waals surface area contributed by atoms with E-state index >= 15 is 0 Å². The Hall–Kier alpha value is -1.18. The van der Waals surface area contributed by atoms with Gasteiger partial charge in [0.15, 0.2) is 5.79 Å². The number of fused-ring (bicyclic) bond motifs is 2. The van der Waals surface area contributed by atoms with Gasteiger partial charge in [0, 0.05) is 13.3 Å². The molecule has 1 N–H and O–H groups in total. The Balaban J connectivity index is 1.93. The minimum absolute atomic E-state index is 0.0849. The van der Waals surface area contributed by atoms with E-state index in [1.54, 1.807) is 0 Å². The van der Waals surface area contributed by atoms with E-state index in [0.29, 0.717) is 19.6 Å². The molecule has 0 amide bonds. The molecule has 7 heteroatoms. The first-order valence-electron chi connectivity index (χ1n) is 7.69. The molecule has 3 aliphatic rings. The Labute approximate surface area is 128 Å². The summed E-state index contributed by atoms with van der Waals surface area (Å²) in [6.45, 7) is 2.25. The second-order valence-electron chi connectivity index (χ2n) is 6.24. The van der Waals surface area contributed by atoms with Gasteiger partial charge in [-0.2, -0.15) is 0 Å². The highest BCUT2D eigenvalue weighted by Gasteiger charge is 2.63. The molecule has 0 aromatic rings. The minimum Gasteiger partial charge on any atom is -0.469 e. The number of carbonyl (C=O) groups is 2. The number of ether oxygens (including phenoxy) is 4. The number of carbonyl (C=O) groups excluding carboxylic acids is 2. The third kappa shape index (κ3) is 2.41. The summed E-state index contributed by atoms with van der Waals surface area (Å²) in [4.78, 5) is 23.5. The Morgan fingerprint density at radius 1 is 1.27 bits per heavy atom. The van der Waals surface area contributed by atoms with E-state index in [0.717, 1.165) is 6.42 Å². The number of hydrogen-bond donors (Lipinski definition) is 1. The summed E-state index contributed by atoms with van der Waals surface area (Å²) in [5.41, 5.74) is 0. The Morgan fingerprint density at radius 2 is 1.95 bits per heavy atom. The number of hydrogen-bond acceptors (Lipinski definition) is 7. The molecular formula is C15H22O7. The summed E-state index contributed by atoms with van der Waals surface area (Å²) >= 11 is 0. The fourth-order valence-corrected chi connectivity index (χ4v) is 4.37. The minimum atomic E-state index is -0.933. The first-order valence-corrected chi connectivity index (χ1v) is 7.69. The first-order chi connectivity index (χ1) is 10.5. The van der Waals surface area contributed by atoms with Crippen molar-refractivity contribution in [2.45, 2.75) is 44.2 Å². The summed E-state index contributed by atoms with van der Waals surface area (Å²) < 4.78 is 21.9. The van der Waals surface area contributed by atoms with Crippen molar-refractivity contribution in [3.63, 3.8) is 0 Å². The lowest BCUT2D eigenvalue weighted by molar-refractivity contribution is -0.239. The molecule has 0 unspecified atom stereocenters. The molecule has 0 radical (unpaired) electrons. The maximum Gasteiger partial charge on any atom is 0.309 e. The van der Waals surface area contributed by atoms with Gasteiger partial charge in [-0.1, -0.05) is 0 Å². The number of aliphatic hydroxyl groups excluding tert-OH is 1. The van der Waals surface area contributed by atoms with Crippen molar-refractivity contribution < 1.29 is 33.6 Å². The van der Waals surface area contributed by atoms with Gasteiger partial charge in [0.1, 0.15) is 6.10 Å². The molecule has 0 aromatic heterocycles. The average Bonchev–Trinajstić information content (AvgIpc) is 3.09. The first kappa shape index (κ1) is 15.7. The highest BCUT2D eigenvalue weighted by Crippen LogP contribution is 2.55. The quantitative estimate of drug-likeness (QED) is 0.730. The summed E-state index contributed by atoms with van der Waals surface area (Å²) in [7, 11) is 1.34. The van der Waals surface area contributed by atoms with E-state index in [2.05, 4.69) is 0 Å². The van der Waals surface area contributed by atoms with Gasteiger partial charge >= 0.3 is 11.9 Å². The molecule has 0 aromatic carbocycles. The van der Waals surface area contributed by atoms with E-state index in [9.17, 15) is 14.7 Å². The number of esters is 2. The smallest absolute Gasteiger partial charge is 0.309 e. The van der Waals surface area contributed by atoms with Gasteiger partial charge < -0.3 is 24.1 Å². The lowest BCUT2D eigenvalue weighted by Gasteiger charge is -2.44. The van der Waals surface area contributed by atoms with Crippen molar-refractivity contribution in [3.8, 4) is 0 Å². The van der Waals surface area contributed by atoms with E-state index in [1.165, 1.54) is 14.0 Å². The Bertz CT molecular complexity index is 457. The van der Waals surface area contributed by atoms with Crippen LogP contribution in [-0.4, -0.2) is 55.4 Å². The van der Waals surface area contributed by atoms with Gasteiger partial charge in [-0.15, -0.1) is 0 Å². The SMILES string of the molecule is COC(=O)[C@H]1C[C@@H](O)[C@H](OC(C)=O)[C@@H]2[C@H]1CCC21OCCO1. The van der Waals surface area contributed by atoms with Crippen LogP contribution in [-0.2, 0) is 28.5 Å². The maximum atomic E-state index is 12.1. The summed E-state index contributed by atoms with van der Waals surface area (Å²) in [5, 5.41) is 10.4. The van der Waals surface area contributed by atoms with Crippen LogP contribution in [0.1, 0.15) is 26.2 Å². The van der Waals surface area contributed by atoms with Crippen LogP contribution in [0.3, 0.4) is 0 Å². The highest BCUT2D eigenvalue weighted by atomic mass is 16.7. The molecule has 5 atom stereocenters. The Morgan fingerprint density at radius 3 is 2.55 bits per heavy atom. The van der Waals surface area contributed by atoms with Crippen molar-refractivity contribution in [1.29, 1.82) is 0 Å². The third-order valence-electron chi connectivity index (χ3n) is 5.12. The van der Waals surface area contributed by atoms with Crippen molar-refractivity contribution in [2.75, 3.05) is 20.3 Å². The zero-order valence-electron chi connectivity index (χ0n) is 12.8. The van der Waals surface area contributed by atoms with Crippen LogP contribution in [0.5, 0.6) is 0 Å². The normalized spacial score (nSPS) is 39.5. The van der Waals surface area contributed by atoms with Gasteiger partial charge in [0.25, 0.3) is 0 Å².